The van der Waals surface area contributed by atoms with E-state index in [-0.39, 0.29) is 11.4 Å². The van der Waals surface area contributed by atoms with Gasteiger partial charge in [0.15, 0.2) is 0 Å². The fourth-order valence-corrected chi connectivity index (χ4v) is 3.29. The molecule has 0 aromatic heterocycles. The van der Waals surface area contributed by atoms with Gasteiger partial charge in [0.1, 0.15) is 4.90 Å². The van der Waals surface area contributed by atoms with Gasteiger partial charge in [-0.25, -0.2) is 13.1 Å². The molecular formula is C14H22N2O4S. The van der Waals surface area contributed by atoms with Crippen LogP contribution in [0, 0.1) is 5.92 Å². The van der Waals surface area contributed by atoms with E-state index in [1.807, 2.05) is 6.92 Å². The second-order valence-corrected chi connectivity index (χ2v) is 6.48. The number of nitrogens with one attached hydrogen (secondary N) is 1. The summed E-state index contributed by atoms with van der Waals surface area (Å²) in [5.74, 6) is -1.49. The maximum Gasteiger partial charge on any atom is 0.308 e. The van der Waals surface area contributed by atoms with Crippen molar-refractivity contribution in [1.29, 1.82) is 0 Å². The maximum atomic E-state index is 12.2. The SMILES string of the molecule is CCNS(=O)(=O)c1ccccc1N(CC)CC(C)C(=O)O. The number of rotatable bonds is 8. The van der Waals surface area contributed by atoms with E-state index in [0.29, 0.717) is 18.8 Å². The summed E-state index contributed by atoms with van der Waals surface area (Å²) in [7, 11) is -3.59. The summed E-state index contributed by atoms with van der Waals surface area (Å²) in [4.78, 5) is 12.9. The molecule has 0 bridgehead atoms. The van der Waals surface area contributed by atoms with Gasteiger partial charge in [0.2, 0.25) is 10.0 Å². The summed E-state index contributed by atoms with van der Waals surface area (Å²) in [6.45, 7) is 6.26. The Bertz CT molecular complexity index is 586. The molecule has 0 amide bonds. The number of aliphatic carboxylic acids is 1. The van der Waals surface area contributed by atoms with E-state index >= 15 is 0 Å². The molecule has 0 saturated carbocycles. The van der Waals surface area contributed by atoms with Gasteiger partial charge < -0.3 is 10.0 Å². The standard InChI is InChI=1S/C14H22N2O4S/c1-4-15-21(19,20)13-9-7-6-8-12(13)16(5-2)10-11(3)14(17)18/h6-9,11,15H,4-5,10H2,1-3H3,(H,17,18). The number of hydrogen-bond acceptors (Lipinski definition) is 4. The van der Waals surface area contributed by atoms with Crippen LogP contribution in [-0.2, 0) is 14.8 Å². The number of sulfonamides is 1. The van der Waals surface area contributed by atoms with Crippen LogP contribution in [0.5, 0.6) is 0 Å². The highest BCUT2D eigenvalue weighted by atomic mass is 32.2. The van der Waals surface area contributed by atoms with Gasteiger partial charge in [0.25, 0.3) is 0 Å². The largest absolute Gasteiger partial charge is 0.481 e. The molecule has 0 fully saturated rings. The van der Waals surface area contributed by atoms with Gasteiger partial charge in [-0.05, 0) is 19.1 Å². The Balaban J connectivity index is 3.19. The number of carboxylic acids is 1. The topological polar surface area (TPSA) is 86.7 Å². The van der Waals surface area contributed by atoms with Gasteiger partial charge in [-0.3, -0.25) is 4.79 Å². The van der Waals surface area contributed by atoms with Crippen molar-refractivity contribution in [3.8, 4) is 0 Å². The molecule has 1 aromatic rings. The molecule has 7 heteroatoms. The van der Waals surface area contributed by atoms with Gasteiger partial charge in [-0.15, -0.1) is 0 Å². The van der Waals surface area contributed by atoms with Crippen molar-refractivity contribution < 1.29 is 18.3 Å². The van der Waals surface area contributed by atoms with Gasteiger partial charge >= 0.3 is 5.97 Å². The molecular weight excluding hydrogens is 292 g/mol. The van der Waals surface area contributed by atoms with Crippen LogP contribution in [0.15, 0.2) is 29.2 Å². The van der Waals surface area contributed by atoms with Gasteiger partial charge in [-0.1, -0.05) is 26.0 Å². The van der Waals surface area contributed by atoms with Crippen molar-refractivity contribution in [2.75, 3.05) is 24.5 Å². The lowest BCUT2D eigenvalue weighted by Crippen LogP contribution is -2.34. The lowest BCUT2D eigenvalue weighted by Gasteiger charge is -2.27. The maximum absolute atomic E-state index is 12.2. The van der Waals surface area contributed by atoms with E-state index in [2.05, 4.69) is 4.72 Å². The Hall–Kier alpha value is -1.60. The minimum Gasteiger partial charge on any atom is -0.481 e. The Labute approximate surface area is 125 Å². The highest BCUT2D eigenvalue weighted by Crippen LogP contribution is 2.25. The van der Waals surface area contributed by atoms with E-state index in [9.17, 15) is 13.2 Å². The zero-order valence-corrected chi connectivity index (χ0v) is 13.4. The first-order chi connectivity index (χ1) is 9.83. The zero-order valence-electron chi connectivity index (χ0n) is 12.5. The third kappa shape index (κ3) is 4.44. The Morgan fingerprint density at radius 2 is 1.95 bits per heavy atom. The number of carboxylic acid groups (broad SMARTS) is 1. The predicted molar refractivity (Wildman–Crippen MR) is 82.0 cm³/mol. The van der Waals surface area contributed by atoms with E-state index < -0.39 is 21.9 Å². The van der Waals surface area contributed by atoms with Crippen LogP contribution in [0.25, 0.3) is 0 Å². The van der Waals surface area contributed by atoms with E-state index in [1.165, 1.54) is 6.07 Å². The molecule has 1 rings (SSSR count). The molecule has 0 spiro atoms. The Kier molecular flexibility index (Phi) is 6.17. The normalized spacial score (nSPS) is 12.9. The first-order valence-corrected chi connectivity index (χ1v) is 8.38. The van der Waals surface area contributed by atoms with Crippen LogP contribution >= 0.6 is 0 Å². The molecule has 0 saturated heterocycles. The van der Waals surface area contributed by atoms with Crippen molar-refractivity contribution in [3.05, 3.63) is 24.3 Å². The molecule has 1 aromatic carbocycles. The molecule has 0 heterocycles. The quantitative estimate of drug-likeness (QED) is 0.760. The van der Waals surface area contributed by atoms with Gasteiger partial charge in [0, 0.05) is 19.6 Å². The van der Waals surface area contributed by atoms with Crippen LogP contribution in [-0.4, -0.2) is 39.1 Å². The third-order valence-corrected chi connectivity index (χ3v) is 4.72. The summed E-state index contributed by atoms with van der Waals surface area (Å²) in [5, 5.41) is 9.03. The summed E-state index contributed by atoms with van der Waals surface area (Å²) >= 11 is 0. The van der Waals surface area contributed by atoms with Crippen LogP contribution in [0.1, 0.15) is 20.8 Å². The molecule has 1 atom stereocenters. The van der Waals surface area contributed by atoms with E-state index in [0.717, 1.165) is 0 Å². The Morgan fingerprint density at radius 1 is 1.33 bits per heavy atom. The molecule has 2 N–H and O–H groups in total. The molecule has 1 unspecified atom stereocenters. The zero-order chi connectivity index (χ0) is 16.0. The second-order valence-electron chi connectivity index (χ2n) is 4.75. The Morgan fingerprint density at radius 3 is 2.48 bits per heavy atom. The van der Waals surface area contributed by atoms with Crippen molar-refractivity contribution in [3.63, 3.8) is 0 Å². The minimum absolute atomic E-state index is 0.172. The van der Waals surface area contributed by atoms with Gasteiger partial charge in [0.05, 0.1) is 11.6 Å². The summed E-state index contributed by atoms with van der Waals surface area (Å²) in [6, 6.07) is 6.63. The van der Waals surface area contributed by atoms with Crippen molar-refractivity contribution in [1.82, 2.24) is 4.72 Å². The number of hydrogen-bond donors (Lipinski definition) is 2. The fourth-order valence-electron chi connectivity index (χ4n) is 2.02. The van der Waals surface area contributed by atoms with E-state index in [4.69, 9.17) is 5.11 Å². The highest BCUT2D eigenvalue weighted by molar-refractivity contribution is 7.89. The molecule has 0 aliphatic carbocycles. The number of para-hydroxylation sites is 1. The molecule has 0 radical (unpaired) electrons. The summed E-state index contributed by atoms with van der Waals surface area (Å²) < 4.78 is 26.9. The highest BCUT2D eigenvalue weighted by Gasteiger charge is 2.22. The van der Waals surface area contributed by atoms with Crippen LogP contribution in [0.3, 0.4) is 0 Å². The molecule has 118 valence electrons. The number of carbonyl (C=O) groups is 1. The van der Waals surface area contributed by atoms with Crippen molar-refractivity contribution >= 4 is 21.7 Å². The van der Waals surface area contributed by atoms with Crippen molar-refractivity contribution in [2.24, 2.45) is 5.92 Å². The third-order valence-electron chi connectivity index (χ3n) is 3.13. The average Bonchev–Trinajstić information content (AvgIpc) is 2.44. The number of nitrogens with zero attached hydrogens (tertiary/aromatic N) is 1. The average molecular weight is 314 g/mol. The number of benzene rings is 1. The van der Waals surface area contributed by atoms with Crippen LogP contribution in [0.2, 0.25) is 0 Å². The first-order valence-electron chi connectivity index (χ1n) is 6.89. The van der Waals surface area contributed by atoms with E-state index in [1.54, 1.807) is 36.9 Å². The predicted octanol–water partition coefficient (Wildman–Crippen LogP) is 1.53. The summed E-state index contributed by atoms with van der Waals surface area (Å²) in [6.07, 6.45) is 0. The first kappa shape index (κ1) is 17.5. The lowest BCUT2D eigenvalue weighted by molar-refractivity contribution is -0.140. The fraction of sp³-hybridized carbons (Fsp3) is 0.500. The molecule has 6 nitrogen and oxygen atoms in total. The molecule has 0 aliphatic rings. The second kappa shape index (κ2) is 7.42. The lowest BCUT2D eigenvalue weighted by atomic mass is 10.1. The molecule has 0 aliphatic heterocycles. The summed E-state index contributed by atoms with van der Waals surface area (Å²) in [5.41, 5.74) is 0.522. The monoisotopic (exact) mass is 314 g/mol. The minimum atomic E-state index is -3.59. The number of anilines is 1. The van der Waals surface area contributed by atoms with Gasteiger partial charge in [-0.2, -0.15) is 0 Å². The van der Waals surface area contributed by atoms with Crippen molar-refractivity contribution in [2.45, 2.75) is 25.7 Å². The molecule has 21 heavy (non-hydrogen) atoms. The smallest absolute Gasteiger partial charge is 0.308 e. The van der Waals surface area contributed by atoms with Crippen LogP contribution in [0.4, 0.5) is 5.69 Å². The van der Waals surface area contributed by atoms with Crippen LogP contribution < -0.4 is 9.62 Å².